The average molecular weight is 309 g/mol. The fourth-order valence-corrected chi connectivity index (χ4v) is 1.08. The molecule has 0 saturated heterocycles. The monoisotopic (exact) mass is 309 g/mol. The Bertz CT molecular complexity index is 326. The van der Waals surface area contributed by atoms with E-state index >= 15 is 0 Å². The summed E-state index contributed by atoms with van der Waals surface area (Å²) >= 11 is -3.50. The molecule has 1 radical (unpaired) electrons. The number of benzene rings is 1. The Morgan fingerprint density at radius 3 is 2.18 bits per heavy atom. The fourth-order valence-electron chi connectivity index (χ4n) is 1.08. The van der Waals surface area contributed by atoms with Crippen LogP contribution < -0.4 is 13.1 Å². The van der Waals surface area contributed by atoms with Crippen LogP contribution in [-0.2, 0) is 30.8 Å². The third kappa shape index (κ3) is 9.25. The van der Waals surface area contributed by atoms with Crippen molar-refractivity contribution in [2.45, 2.75) is 6.42 Å². The predicted molar refractivity (Wildman–Crippen MR) is 52.8 cm³/mol. The molecule has 1 heterocycles. The zero-order valence-corrected chi connectivity index (χ0v) is 12.1. The van der Waals surface area contributed by atoms with Gasteiger partial charge in [0, 0.05) is 0 Å². The van der Waals surface area contributed by atoms with E-state index < -0.39 is 31.0 Å². The van der Waals surface area contributed by atoms with Crippen molar-refractivity contribution in [1.29, 1.82) is 0 Å². The van der Waals surface area contributed by atoms with Gasteiger partial charge in [-0.3, -0.25) is 0 Å². The number of hydrogen-bond donors (Lipinski definition) is 0. The van der Waals surface area contributed by atoms with Gasteiger partial charge in [0.25, 0.3) is 0 Å². The molecule has 1 aliphatic rings. The Morgan fingerprint density at radius 2 is 1.65 bits per heavy atom. The van der Waals surface area contributed by atoms with E-state index in [9.17, 15) is 0 Å². The van der Waals surface area contributed by atoms with Crippen molar-refractivity contribution in [3.8, 4) is 5.75 Å². The molecule has 0 N–H and O–H groups in total. The number of ether oxygens (including phenoxy) is 1. The van der Waals surface area contributed by atoms with Crippen LogP contribution in [0.4, 0.5) is 0 Å². The van der Waals surface area contributed by atoms with E-state index in [-0.39, 0.29) is 16.8 Å². The van der Waals surface area contributed by atoms with Gasteiger partial charge in [-0.1, -0.05) is 18.2 Å². The first kappa shape index (κ1) is 18.9. The van der Waals surface area contributed by atoms with Gasteiger partial charge in [0.15, 0.2) is 0 Å². The van der Waals surface area contributed by atoms with Crippen LogP contribution in [0, 0.1) is 0 Å². The van der Waals surface area contributed by atoms with Gasteiger partial charge in [-0.05, 0) is 24.1 Å². The minimum absolute atomic E-state index is 0. The van der Waals surface area contributed by atoms with E-state index in [1.54, 1.807) is 6.26 Å². The number of fused-ring (bicyclic) bond motifs is 1. The molecule has 0 aliphatic carbocycles. The normalized spacial score (nSPS) is 9.18. The molecule has 0 fully saturated rings. The summed E-state index contributed by atoms with van der Waals surface area (Å²) in [5.74, 6) is 0.991. The molecule has 1 aromatic carbocycles. The molecule has 89 valence electrons. The van der Waals surface area contributed by atoms with E-state index in [0.717, 1.165) is 12.2 Å². The Morgan fingerprint density at radius 1 is 1.12 bits per heavy atom. The molecular formula is C9H8Al2CoO5. The van der Waals surface area contributed by atoms with Crippen molar-refractivity contribution < 1.29 is 37.4 Å². The van der Waals surface area contributed by atoms with Crippen molar-refractivity contribution in [3.05, 3.63) is 42.2 Å². The first-order chi connectivity index (χ1) is 7.79. The molecule has 5 nitrogen and oxygen atoms in total. The fraction of sp³-hybridized carbons (Fsp3) is 0.111. The summed E-state index contributed by atoms with van der Waals surface area (Å²) in [4.78, 5) is 0. The molecule has 0 unspecified atom stereocenters. The van der Waals surface area contributed by atoms with Gasteiger partial charge in [-0.2, -0.15) is 0 Å². The third-order valence-electron chi connectivity index (χ3n) is 1.60. The molecule has 0 bridgehead atoms. The summed E-state index contributed by atoms with van der Waals surface area (Å²) in [6.45, 7) is 0. The standard InChI is InChI=1S/C9H8O.2Al.Co.4O/c1-2-6-9-8(4-1)5-3-7-10-9;;;;;;;/h1-4,6-7H,5H2;;;;;;;/q;;;+2;;;2*-1. The van der Waals surface area contributed by atoms with Gasteiger partial charge in [-0.15, -0.1) is 0 Å². The Kier molecular flexibility index (Phi) is 15.1. The first-order valence-corrected chi connectivity index (χ1v) is 6.19. The van der Waals surface area contributed by atoms with E-state index in [0.29, 0.717) is 0 Å². The van der Waals surface area contributed by atoms with E-state index in [2.05, 4.69) is 6.07 Å². The zero-order valence-electron chi connectivity index (χ0n) is 8.70. The molecular weight excluding hydrogens is 301 g/mol. The molecule has 0 atom stereocenters. The summed E-state index contributed by atoms with van der Waals surface area (Å²) in [6.07, 6.45) is 4.75. The second kappa shape index (κ2) is 13.6. The second-order valence-electron chi connectivity index (χ2n) is 2.49. The van der Waals surface area contributed by atoms with Crippen LogP contribution in [0.2, 0.25) is 0 Å². The number of allylic oxidation sites excluding steroid dienone is 1. The van der Waals surface area contributed by atoms with E-state index in [1.807, 2.05) is 24.3 Å². The SMILES string of the molecule is C1=COc2ccccc2C1.[Co+2].[O]=[Al][O-].[O]=[Al][O-]. The Hall–Kier alpha value is -0.469. The molecule has 0 amide bonds. The molecule has 0 spiro atoms. The van der Waals surface area contributed by atoms with Gasteiger partial charge < -0.3 is 4.74 Å². The Balaban J connectivity index is 0. The topological polar surface area (TPSA) is 89.5 Å². The zero-order chi connectivity index (χ0) is 12.2. The minimum atomic E-state index is -1.75. The van der Waals surface area contributed by atoms with Crippen LogP contribution in [0.1, 0.15) is 5.56 Å². The first-order valence-electron chi connectivity index (χ1n) is 4.31. The molecule has 8 heteroatoms. The van der Waals surface area contributed by atoms with Crippen LogP contribution in [-0.4, -0.2) is 31.0 Å². The van der Waals surface area contributed by atoms with Crippen molar-refractivity contribution >= 4 is 31.0 Å². The summed E-state index contributed by atoms with van der Waals surface area (Å²) in [7, 11) is 0. The molecule has 1 aromatic rings. The second-order valence-corrected chi connectivity index (χ2v) is 2.88. The maximum atomic E-state index is 8.46. The van der Waals surface area contributed by atoms with Crippen LogP contribution in [0.25, 0.3) is 0 Å². The quantitative estimate of drug-likeness (QED) is 0.559. The molecule has 2 rings (SSSR count). The number of para-hydroxylation sites is 1. The van der Waals surface area contributed by atoms with Crippen LogP contribution in [0.5, 0.6) is 5.75 Å². The summed E-state index contributed by atoms with van der Waals surface area (Å²) in [5, 5.41) is 0. The van der Waals surface area contributed by atoms with Crippen molar-refractivity contribution in [2.75, 3.05) is 0 Å². The van der Waals surface area contributed by atoms with Gasteiger partial charge in [-0.25, -0.2) is 0 Å². The average Bonchev–Trinajstić information content (AvgIpc) is 2.31. The molecule has 17 heavy (non-hydrogen) atoms. The Labute approximate surface area is 122 Å². The van der Waals surface area contributed by atoms with Crippen molar-refractivity contribution in [1.82, 2.24) is 0 Å². The predicted octanol–water partition coefficient (Wildman–Crippen LogP) is -1.24. The maximum absolute atomic E-state index is 8.46. The van der Waals surface area contributed by atoms with Crippen molar-refractivity contribution in [2.24, 2.45) is 0 Å². The third-order valence-corrected chi connectivity index (χ3v) is 1.60. The van der Waals surface area contributed by atoms with Gasteiger partial charge in [0.2, 0.25) is 0 Å². The molecule has 1 aliphatic heterocycles. The van der Waals surface area contributed by atoms with Crippen LogP contribution in [0.3, 0.4) is 0 Å². The number of hydrogen-bond acceptors (Lipinski definition) is 5. The van der Waals surface area contributed by atoms with Crippen molar-refractivity contribution in [3.63, 3.8) is 0 Å². The van der Waals surface area contributed by atoms with E-state index in [4.69, 9.17) is 20.7 Å². The van der Waals surface area contributed by atoms with Gasteiger partial charge >= 0.3 is 63.7 Å². The number of rotatable bonds is 0. The van der Waals surface area contributed by atoms with Gasteiger partial charge in [0.05, 0.1) is 6.26 Å². The summed E-state index contributed by atoms with van der Waals surface area (Å²) < 4.78 is 39.1. The van der Waals surface area contributed by atoms with E-state index in [1.165, 1.54) is 5.56 Å². The van der Waals surface area contributed by atoms with Gasteiger partial charge in [0.1, 0.15) is 5.75 Å². The summed E-state index contributed by atoms with van der Waals surface area (Å²) in [6, 6.07) is 8.08. The molecule has 0 aromatic heterocycles. The van der Waals surface area contributed by atoms with Crippen LogP contribution in [0.15, 0.2) is 36.6 Å². The van der Waals surface area contributed by atoms with Crippen LogP contribution >= 0.6 is 0 Å². The molecule has 0 saturated carbocycles. The summed E-state index contributed by atoms with van der Waals surface area (Å²) in [5.41, 5.74) is 1.27.